The second-order valence-electron chi connectivity index (χ2n) is 6.46. The van der Waals surface area contributed by atoms with Crippen LogP contribution in [-0.2, 0) is 22.5 Å². The van der Waals surface area contributed by atoms with Crippen LogP contribution >= 0.6 is 0 Å². The molecule has 0 fully saturated rings. The SMILES string of the molecule is COC(=O)c1ccc(CN2c3c(C)cc(C)cc3CC2C(=O)O)cc1. The minimum Gasteiger partial charge on any atom is -0.480 e. The monoisotopic (exact) mass is 339 g/mol. The van der Waals surface area contributed by atoms with Crippen LogP contribution in [0.4, 0.5) is 5.69 Å². The van der Waals surface area contributed by atoms with Crippen molar-refractivity contribution in [2.24, 2.45) is 0 Å². The van der Waals surface area contributed by atoms with Gasteiger partial charge in [-0.1, -0.05) is 29.8 Å². The number of aliphatic carboxylic acids is 1. The van der Waals surface area contributed by atoms with Crippen LogP contribution in [0.3, 0.4) is 0 Å². The van der Waals surface area contributed by atoms with Gasteiger partial charge in [0.05, 0.1) is 12.7 Å². The number of hydrogen-bond donors (Lipinski definition) is 1. The van der Waals surface area contributed by atoms with E-state index in [1.807, 2.05) is 30.9 Å². The molecule has 1 atom stereocenters. The van der Waals surface area contributed by atoms with Gasteiger partial charge in [0.2, 0.25) is 0 Å². The molecule has 0 saturated heterocycles. The van der Waals surface area contributed by atoms with Crippen molar-refractivity contribution < 1.29 is 19.4 Å². The zero-order chi connectivity index (χ0) is 18.1. The number of carboxylic acids is 1. The second-order valence-corrected chi connectivity index (χ2v) is 6.46. The number of rotatable bonds is 4. The fraction of sp³-hybridized carbons (Fsp3) is 0.300. The normalized spacial score (nSPS) is 15.8. The van der Waals surface area contributed by atoms with E-state index in [2.05, 4.69) is 12.1 Å². The molecule has 5 nitrogen and oxygen atoms in total. The molecule has 2 aromatic rings. The lowest BCUT2D eigenvalue weighted by Gasteiger charge is -2.26. The largest absolute Gasteiger partial charge is 0.480 e. The minimum atomic E-state index is -0.820. The lowest BCUT2D eigenvalue weighted by Crippen LogP contribution is -2.38. The number of carbonyl (C=O) groups is 2. The summed E-state index contributed by atoms with van der Waals surface area (Å²) in [7, 11) is 1.35. The first kappa shape index (κ1) is 17.0. The van der Waals surface area contributed by atoms with Gasteiger partial charge in [-0.3, -0.25) is 0 Å². The molecule has 25 heavy (non-hydrogen) atoms. The summed E-state index contributed by atoms with van der Waals surface area (Å²) in [5.74, 6) is -1.20. The fourth-order valence-corrected chi connectivity index (χ4v) is 3.56. The van der Waals surface area contributed by atoms with Gasteiger partial charge in [-0.2, -0.15) is 0 Å². The highest BCUT2D eigenvalue weighted by Crippen LogP contribution is 2.37. The van der Waals surface area contributed by atoms with Gasteiger partial charge in [0.15, 0.2) is 0 Å². The standard InChI is InChI=1S/C20H21NO4/c1-12-8-13(2)18-16(9-12)10-17(19(22)23)21(18)11-14-4-6-15(7-5-14)20(24)25-3/h4-9,17H,10-11H2,1-3H3,(H,22,23). The van der Waals surface area contributed by atoms with E-state index in [0.29, 0.717) is 18.5 Å². The molecule has 1 unspecified atom stereocenters. The Kier molecular flexibility index (Phi) is 4.49. The molecule has 0 amide bonds. The maximum Gasteiger partial charge on any atom is 0.337 e. The second kappa shape index (κ2) is 6.59. The highest BCUT2D eigenvalue weighted by molar-refractivity contribution is 5.89. The number of anilines is 1. The summed E-state index contributed by atoms with van der Waals surface area (Å²) in [5, 5.41) is 9.64. The Balaban J connectivity index is 1.92. The minimum absolute atomic E-state index is 0.382. The Morgan fingerprint density at radius 1 is 1.20 bits per heavy atom. The van der Waals surface area contributed by atoms with E-state index in [-0.39, 0.29) is 5.97 Å². The van der Waals surface area contributed by atoms with Crippen LogP contribution in [0.25, 0.3) is 0 Å². The first-order valence-electron chi connectivity index (χ1n) is 8.17. The molecule has 0 bridgehead atoms. The van der Waals surface area contributed by atoms with Crippen LogP contribution in [-0.4, -0.2) is 30.2 Å². The van der Waals surface area contributed by atoms with Gasteiger partial charge in [-0.15, -0.1) is 0 Å². The molecule has 0 aliphatic carbocycles. The van der Waals surface area contributed by atoms with E-state index in [1.54, 1.807) is 12.1 Å². The van der Waals surface area contributed by atoms with Gasteiger partial charge in [0.25, 0.3) is 0 Å². The number of carbonyl (C=O) groups excluding carboxylic acids is 1. The molecule has 0 saturated carbocycles. The Labute approximate surface area is 146 Å². The Morgan fingerprint density at radius 3 is 2.48 bits per heavy atom. The van der Waals surface area contributed by atoms with Crippen molar-refractivity contribution >= 4 is 17.6 Å². The van der Waals surface area contributed by atoms with Crippen LogP contribution in [0.5, 0.6) is 0 Å². The molecule has 130 valence electrons. The van der Waals surface area contributed by atoms with E-state index >= 15 is 0 Å². The maximum absolute atomic E-state index is 11.7. The first-order chi connectivity index (χ1) is 11.9. The zero-order valence-corrected chi connectivity index (χ0v) is 14.6. The van der Waals surface area contributed by atoms with Crippen LogP contribution in [0.15, 0.2) is 36.4 Å². The van der Waals surface area contributed by atoms with Crippen molar-refractivity contribution in [3.8, 4) is 0 Å². The molecule has 3 rings (SSSR count). The number of benzene rings is 2. The van der Waals surface area contributed by atoms with Crippen LogP contribution in [0.2, 0.25) is 0 Å². The molecule has 1 N–H and O–H groups in total. The van der Waals surface area contributed by atoms with Crippen molar-refractivity contribution in [3.63, 3.8) is 0 Å². The highest BCUT2D eigenvalue weighted by atomic mass is 16.5. The van der Waals surface area contributed by atoms with E-state index in [0.717, 1.165) is 27.9 Å². The molecular formula is C20H21NO4. The van der Waals surface area contributed by atoms with Crippen LogP contribution in [0, 0.1) is 13.8 Å². The van der Waals surface area contributed by atoms with Gasteiger partial charge in [0.1, 0.15) is 6.04 Å². The Hall–Kier alpha value is -2.82. The number of ether oxygens (including phenoxy) is 1. The van der Waals surface area contributed by atoms with Gasteiger partial charge < -0.3 is 14.7 Å². The van der Waals surface area contributed by atoms with Crippen molar-refractivity contribution in [1.29, 1.82) is 0 Å². The van der Waals surface area contributed by atoms with E-state index in [9.17, 15) is 14.7 Å². The molecule has 1 aliphatic heterocycles. The number of nitrogens with zero attached hydrogens (tertiary/aromatic N) is 1. The van der Waals surface area contributed by atoms with Gasteiger partial charge in [-0.05, 0) is 42.7 Å². The lowest BCUT2D eigenvalue weighted by molar-refractivity contribution is -0.138. The molecule has 1 heterocycles. The van der Waals surface area contributed by atoms with Crippen molar-refractivity contribution in [2.45, 2.75) is 32.9 Å². The summed E-state index contributed by atoms with van der Waals surface area (Å²) >= 11 is 0. The molecular weight excluding hydrogens is 318 g/mol. The number of methoxy groups -OCH3 is 1. The van der Waals surface area contributed by atoms with Gasteiger partial charge >= 0.3 is 11.9 Å². The summed E-state index contributed by atoms with van der Waals surface area (Å²) in [4.78, 5) is 25.2. The molecule has 0 radical (unpaired) electrons. The number of esters is 1. The smallest absolute Gasteiger partial charge is 0.337 e. The summed E-state index contributed by atoms with van der Waals surface area (Å²) in [5.41, 5.74) is 5.75. The fourth-order valence-electron chi connectivity index (χ4n) is 3.56. The summed E-state index contributed by atoms with van der Waals surface area (Å²) < 4.78 is 4.70. The number of fused-ring (bicyclic) bond motifs is 1. The third-order valence-corrected chi connectivity index (χ3v) is 4.61. The predicted molar refractivity (Wildman–Crippen MR) is 95.0 cm³/mol. The molecule has 5 heteroatoms. The third kappa shape index (κ3) is 3.22. The quantitative estimate of drug-likeness (QED) is 0.867. The third-order valence-electron chi connectivity index (χ3n) is 4.61. The summed E-state index contributed by atoms with van der Waals surface area (Å²) in [6.45, 7) is 4.52. The molecule has 1 aliphatic rings. The maximum atomic E-state index is 11.7. The number of hydrogen-bond acceptors (Lipinski definition) is 4. The van der Waals surface area contributed by atoms with Crippen molar-refractivity contribution in [1.82, 2.24) is 0 Å². The van der Waals surface area contributed by atoms with E-state index in [4.69, 9.17) is 4.74 Å². The van der Waals surface area contributed by atoms with Gasteiger partial charge in [0, 0.05) is 18.7 Å². The predicted octanol–water partition coefficient (Wildman–Crippen LogP) is 3.11. The average Bonchev–Trinajstić information content (AvgIpc) is 2.93. The molecule has 0 spiro atoms. The van der Waals surface area contributed by atoms with Crippen molar-refractivity contribution in [3.05, 3.63) is 64.2 Å². The van der Waals surface area contributed by atoms with E-state index < -0.39 is 12.0 Å². The summed E-state index contributed by atoms with van der Waals surface area (Å²) in [6, 6.07) is 10.7. The highest BCUT2D eigenvalue weighted by Gasteiger charge is 2.35. The van der Waals surface area contributed by atoms with Crippen LogP contribution in [0.1, 0.15) is 32.6 Å². The Morgan fingerprint density at radius 2 is 1.88 bits per heavy atom. The first-order valence-corrected chi connectivity index (χ1v) is 8.17. The summed E-state index contributed by atoms with van der Waals surface area (Å²) in [6.07, 6.45) is 0.507. The van der Waals surface area contributed by atoms with E-state index in [1.165, 1.54) is 7.11 Å². The topological polar surface area (TPSA) is 66.8 Å². The Bertz CT molecular complexity index is 826. The lowest BCUT2D eigenvalue weighted by atomic mass is 10.0. The average molecular weight is 339 g/mol. The van der Waals surface area contributed by atoms with Gasteiger partial charge in [-0.25, -0.2) is 9.59 Å². The molecule has 0 aromatic heterocycles. The number of carboxylic acid groups (broad SMARTS) is 1. The zero-order valence-electron chi connectivity index (χ0n) is 14.6. The van der Waals surface area contributed by atoms with Crippen molar-refractivity contribution in [2.75, 3.05) is 12.0 Å². The van der Waals surface area contributed by atoms with Crippen LogP contribution < -0.4 is 4.90 Å². The molecule has 2 aromatic carbocycles. The number of aryl methyl sites for hydroxylation is 2.